The van der Waals surface area contributed by atoms with E-state index in [0.29, 0.717) is 31.6 Å². The highest BCUT2D eigenvalue weighted by atomic mass is 35.5. The molecule has 3 heterocycles. The number of carbonyl (C=O) groups excluding carboxylic acids is 1. The molecule has 1 aromatic carbocycles. The zero-order valence-electron chi connectivity index (χ0n) is 16.6. The molecule has 0 radical (unpaired) electrons. The molecular formula is C20H23ClF2N6O2. The number of β-amino-alcohol motifs (C(OH)–C–C–N with tert-alkyl or cyclic N) is 1. The van der Waals surface area contributed by atoms with Crippen molar-refractivity contribution in [2.75, 3.05) is 35.6 Å². The maximum absolute atomic E-state index is 14.4. The predicted octanol–water partition coefficient (Wildman–Crippen LogP) is 2.03. The largest absolute Gasteiger partial charge is 0.391 e. The second-order valence-electron chi connectivity index (χ2n) is 7.87. The van der Waals surface area contributed by atoms with Crippen molar-refractivity contribution in [3.8, 4) is 0 Å². The zero-order chi connectivity index (χ0) is 22.1. The van der Waals surface area contributed by atoms with E-state index in [9.17, 15) is 18.7 Å². The molecule has 2 fully saturated rings. The van der Waals surface area contributed by atoms with Crippen molar-refractivity contribution >= 4 is 34.8 Å². The first-order valence-electron chi connectivity index (χ1n) is 10.0. The van der Waals surface area contributed by atoms with E-state index in [1.54, 1.807) is 15.9 Å². The number of piperidine rings is 2. The van der Waals surface area contributed by atoms with Gasteiger partial charge in [-0.1, -0.05) is 11.6 Å². The number of nitrogens with zero attached hydrogens (tertiary/aromatic N) is 4. The molecule has 166 valence electrons. The number of aromatic nitrogens is 2. The molecule has 2 aliphatic rings. The van der Waals surface area contributed by atoms with Crippen molar-refractivity contribution in [1.29, 1.82) is 0 Å². The summed E-state index contributed by atoms with van der Waals surface area (Å²) in [6, 6.07) is 3.15. The number of hydrogen-bond donors (Lipinski definition) is 3. The van der Waals surface area contributed by atoms with Crippen molar-refractivity contribution in [1.82, 2.24) is 14.9 Å². The van der Waals surface area contributed by atoms with Gasteiger partial charge in [-0.3, -0.25) is 4.79 Å². The van der Waals surface area contributed by atoms with Gasteiger partial charge in [-0.05, 0) is 37.5 Å². The molecule has 2 saturated heterocycles. The van der Waals surface area contributed by atoms with Crippen molar-refractivity contribution in [2.45, 2.75) is 37.5 Å². The molecule has 4 rings (SSSR count). The van der Waals surface area contributed by atoms with Crippen LogP contribution in [0.15, 0.2) is 24.5 Å². The van der Waals surface area contributed by atoms with Gasteiger partial charge in [0, 0.05) is 30.3 Å². The highest BCUT2D eigenvalue weighted by Gasteiger charge is 2.38. The second kappa shape index (κ2) is 8.80. The van der Waals surface area contributed by atoms with Gasteiger partial charge in [0.1, 0.15) is 18.2 Å². The Balaban J connectivity index is 1.51. The lowest BCUT2D eigenvalue weighted by Gasteiger charge is -2.44. The standard InChI is InChI=1S/C20H23ClF2N6O2/c21-11-4-12(22)6-13(5-11)27-16-2-1-3-29(20(16)31)14-7-15(30)9-28(8-14)19-17(23)18(24)25-10-26-19/h4-6,10,14-16,27,30H,1-3,7-9H2,(H2,24,25,26)/t14-,15?,16?/m1/s1. The van der Waals surface area contributed by atoms with Crippen molar-refractivity contribution in [3.05, 3.63) is 41.2 Å². The fourth-order valence-electron chi connectivity index (χ4n) is 4.27. The van der Waals surface area contributed by atoms with Gasteiger partial charge in [0.2, 0.25) is 11.7 Å². The summed E-state index contributed by atoms with van der Waals surface area (Å²) in [5.41, 5.74) is 5.98. The number of anilines is 3. The van der Waals surface area contributed by atoms with Crippen LogP contribution in [0, 0.1) is 11.6 Å². The van der Waals surface area contributed by atoms with E-state index >= 15 is 0 Å². The zero-order valence-corrected chi connectivity index (χ0v) is 17.4. The number of benzene rings is 1. The van der Waals surface area contributed by atoms with Crippen LogP contribution in [-0.2, 0) is 4.79 Å². The third kappa shape index (κ3) is 4.64. The lowest BCUT2D eigenvalue weighted by Crippen LogP contribution is -2.59. The fraction of sp³-hybridized carbons (Fsp3) is 0.450. The lowest BCUT2D eigenvalue weighted by molar-refractivity contribution is -0.137. The number of carbonyl (C=O) groups is 1. The molecule has 4 N–H and O–H groups in total. The lowest BCUT2D eigenvalue weighted by atomic mass is 9.96. The summed E-state index contributed by atoms with van der Waals surface area (Å²) in [5.74, 6) is -1.66. The summed E-state index contributed by atoms with van der Waals surface area (Å²) < 4.78 is 28.1. The Morgan fingerprint density at radius 2 is 2.03 bits per heavy atom. The summed E-state index contributed by atoms with van der Waals surface area (Å²) in [6.07, 6.45) is 2.08. The summed E-state index contributed by atoms with van der Waals surface area (Å²) >= 11 is 5.91. The monoisotopic (exact) mass is 452 g/mol. The summed E-state index contributed by atoms with van der Waals surface area (Å²) in [5, 5.41) is 13.7. The minimum atomic E-state index is -0.766. The molecule has 31 heavy (non-hydrogen) atoms. The minimum Gasteiger partial charge on any atom is -0.391 e. The molecule has 0 aliphatic carbocycles. The third-order valence-electron chi connectivity index (χ3n) is 5.62. The van der Waals surface area contributed by atoms with Crippen LogP contribution in [0.4, 0.5) is 26.1 Å². The van der Waals surface area contributed by atoms with Gasteiger partial charge in [0.05, 0.1) is 12.1 Å². The van der Waals surface area contributed by atoms with E-state index in [-0.39, 0.29) is 35.2 Å². The van der Waals surface area contributed by atoms with E-state index in [1.165, 1.54) is 18.5 Å². The highest BCUT2D eigenvalue weighted by molar-refractivity contribution is 6.30. The van der Waals surface area contributed by atoms with Crippen molar-refractivity contribution in [2.24, 2.45) is 0 Å². The van der Waals surface area contributed by atoms with Crippen molar-refractivity contribution in [3.63, 3.8) is 0 Å². The van der Waals surface area contributed by atoms with E-state index < -0.39 is 23.8 Å². The van der Waals surface area contributed by atoms with Crippen LogP contribution in [0.1, 0.15) is 19.3 Å². The van der Waals surface area contributed by atoms with Crippen LogP contribution < -0.4 is 16.0 Å². The molecule has 1 amide bonds. The molecule has 0 bridgehead atoms. The van der Waals surface area contributed by atoms with E-state index in [4.69, 9.17) is 17.3 Å². The van der Waals surface area contributed by atoms with Gasteiger partial charge in [-0.2, -0.15) is 4.39 Å². The fourth-order valence-corrected chi connectivity index (χ4v) is 4.50. The van der Waals surface area contributed by atoms with Gasteiger partial charge in [-0.15, -0.1) is 0 Å². The van der Waals surface area contributed by atoms with Gasteiger partial charge in [0.25, 0.3) is 0 Å². The van der Waals surface area contributed by atoms with Crippen LogP contribution in [0.25, 0.3) is 0 Å². The predicted molar refractivity (Wildman–Crippen MR) is 113 cm³/mol. The molecule has 11 heteroatoms. The van der Waals surface area contributed by atoms with Gasteiger partial charge < -0.3 is 26.0 Å². The van der Waals surface area contributed by atoms with Crippen molar-refractivity contribution < 1.29 is 18.7 Å². The number of rotatable bonds is 4. The summed E-state index contributed by atoms with van der Waals surface area (Å²) in [4.78, 5) is 24.1. The first-order chi connectivity index (χ1) is 14.8. The Bertz CT molecular complexity index is 960. The smallest absolute Gasteiger partial charge is 0.245 e. The number of nitrogens with one attached hydrogen (secondary N) is 1. The van der Waals surface area contributed by atoms with E-state index in [0.717, 1.165) is 6.42 Å². The molecule has 2 aromatic rings. The van der Waals surface area contributed by atoms with E-state index in [2.05, 4.69) is 15.3 Å². The molecule has 8 nitrogen and oxygen atoms in total. The maximum Gasteiger partial charge on any atom is 0.245 e. The Morgan fingerprint density at radius 1 is 1.23 bits per heavy atom. The Kier molecular flexibility index (Phi) is 6.10. The first kappa shape index (κ1) is 21.5. The number of amides is 1. The topological polar surface area (TPSA) is 108 Å². The Morgan fingerprint density at radius 3 is 2.81 bits per heavy atom. The molecule has 0 saturated carbocycles. The number of aliphatic hydroxyl groups is 1. The Labute approximate surface area is 183 Å². The van der Waals surface area contributed by atoms with Crippen LogP contribution in [0.5, 0.6) is 0 Å². The first-order valence-corrected chi connectivity index (χ1v) is 10.4. The van der Waals surface area contributed by atoms with E-state index in [1.807, 2.05) is 0 Å². The highest BCUT2D eigenvalue weighted by Crippen LogP contribution is 2.28. The van der Waals surface area contributed by atoms with Crippen LogP contribution in [-0.4, -0.2) is 63.7 Å². The summed E-state index contributed by atoms with van der Waals surface area (Å²) in [7, 11) is 0. The average Bonchev–Trinajstić information content (AvgIpc) is 2.70. The number of nitrogen functional groups attached to an aromatic ring is 1. The number of halogens is 3. The number of nitrogens with two attached hydrogens (primary N) is 1. The average molecular weight is 453 g/mol. The number of hydrogen-bond acceptors (Lipinski definition) is 7. The number of likely N-dealkylation sites (tertiary alicyclic amines) is 1. The molecular weight excluding hydrogens is 430 g/mol. The minimum absolute atomic E-state index is 0.00443. The molecule has 2 aliphatic heterocycles. The van der Waals surface area contributed by atoms with Crippen LogP contribution >= 0.6 is 11.6 Å². The summed E-state index contributed by atoms with van der Waals surface area (Å²) in [6.45, 7) is 0.991. The van der Waals surface area contributed by atoms with Gasteiger partial charge in [0.15, 0.2) is 11.6 Å². The quantitative estimate of drug-likeness (QED) is 0.651. The third-order valence-corrected chi connectivity index (χ3v) is 5.84. The van der Waals surface area contributed by atoms with Gasteiger partial charge in [-0.25, -0.2) is 14.4 Å². The second-order valence-corrected chi connectivity index (χ2v) is 8.31. The van der Waals surface area contributed by atoms with Crippen LogP contribution in [0.3, 0.4) is 0 Å². The molecule has 0 spiro atoms. The molecule has 1 aromatic heterocycles. The SMILES string of the molecule is Nc1ncnc(N2CC(O)C[C@@H](N3CCCC(Nc4cc(F)cc(Cl)c4)C3=O)C2)c1F. The molecule has 2 unspecified atom stereocenters. The normalized spacial score (nSPS) is 24.4. The Hall–Kier alpha value is -2.72. The number of aliphatic hydroxyl groups excluding tert-OH is 1. The molecule has 3 atom stereocenters. The van der Waals surface area contributed by atoms with Crippen LogP contribution in [0.2, 0.25) is 5.02 Å². The maximum atomic E-state index is 14.4. The van der Waals surface area contributed by atoms with Gasteiger partial charge >= 0.3 is 0 Å².